The highest BCUT2D eigenvalue weighted by Crippen LogP contribution is 2.59. The molecule has 12 heteroatoms. The number of hydrogen-bond acceptors (Lipinski definition) is 11. The Labute approximate surface area is 243 Å². The quantitative estimate of drug-likeness (QED) is 0.297. The van der Waals surface area contributed by atoms with Crippen LogP contribution < -0.4 is 20.5 Å². The third-order valence-corrected chi connectivity index (χ3v) is 8.83. The molecule has 2 aromatic heterocycles. The van der Waals surface area contributed by atoms with Crippen LogP contribution in [-0.2, 0) is 34.2 Å². The molecule has 3 heterocycles. The molecule has 2 unspecified atom stereocenters. The first kappa shape index (κ1) is 27.3. The molecule has 2 aliphatic carbocycles. The lowest BCUT2D eigenvalue weighted by atomic mass is 9.78. The summed E-state index contributed by atoms with van der Waals surface area (Å²) in [5.74, 6) is -1.16. The summed E-state index contributed by atoms with van der Waals surface area (Å²) in [6.45, 7) is 3.01. The van der Waals surface area contributed by atoms with Gasteiger partial charge in [0, 0.05) is 53.7 Å². The molecule has 12 nitrogen and oxygen atoms in total. The number of rotatable bonds is 3. The maximum Gasteiger partial charge on any atom is 0.303 e. The number of carbonyl (C=O) groups is 1. The molecule has 0 saturated heterocycles. The second kappa shape index (κ2) is 9.48. The SMILES string of the molecule is CCc1cc2c3c4c(c(O)c2c(=O)n1C)-c1c(c(OC)c2oc5c(c(=O)c2c1O)C(OC(C)=O)CCC5O)C[C@@H]4OCO3. The molecule has 0 spiro atoms. The number of aliphatic hydroxyl groups excluding tert-OH is 1. The highest BCUT2D eigenvalue weighted by molar-refractivity contribution is 6.07. The summed E-state index contributed by atoms with van der Waals surface area (Å²) in [7, 11) is 2.99. The number of phenols is 2. The number of aromatic hydroxyl groups is 2. The van der Waals surface area contributed by atoms with Gasteiger partial charge in [-0.3, -0.25) is 14.4 Å². The van der Waals surface area contributed by atoms with E-state index in [9.17, 15) is 29.7 Å². The number of fused-ring (bicyclic) bond motifs is 6. The average molecular weight is 592 g/mol. The zero-order valence-corrected chi connectivity index (χ0v) is 23.9. The predicted octanol–water partition coefficient (Wildman–Crippen LogP) is 3.69. The number of aryl methyl sites for hydroxylation is 1. The molecule has 43 heavy (non-hydrogen) atoms. The number of aromatic nitrogens is 1. The van der Waals surface area contributed by atoms with Gasteiger partial charge in [0.1, 0.15) is 40.6 Å². The van der Waals surface area contributed by atoms with Crippen LogP contribution in [-0.4, -0.2) is 39.8 Å². The number of benzene rings is 2. The van der Waals surface area contributed by atoms with Crippen molar-refractivity contribution in [3.05, 3.63) is 54.8 Å². The standard InChI is InChI=1S/C31H29NO11/c1-5-12-8-13-19(31(38)32(12)3)25(36)22-18-14(9-17-20(22)27(13)41-10-40-17)28(39-4)30-23(24(18)35)26(37)21-16(42-11(2)33)7-6-15(34)29(21)43-30/h8,15-17,34-36H,5-7,9-10H2,1-4H3/t15?,16?,17-/m0/s1. The van der Waals surface area contributed by atoms with Gasteiger partial charge in [0.05, 0.1) is 24.2 Å². The highest BCUT2D eigenvalue weighted by atomic mass is 16.7. The van der Waals surface area contributed by atoms with Crippen LogP contribution in [0.25, 0.3) is 32.9 Å². The van der Waals surface area contributed by atoms with Crippen molar-refractivity contribution in [1.82, 2.24) is 4.57 Å². The fourth-order valence-electron chi connectivity index (χ4n) is 6.92. The molecule has 3 atom stereocenters. The molecule has 4 aromatic rings. The van der Waals surface area contributed by atoms with Gasteiger partial charge < -0.3 is 43.3 Å². The van der Waals surface area contributed by atoms with E-state index in [-0.39, 0.29) is 70.6 Å². The minimum Gasteiger partial charge on any atom is -0.506 e. The second-order valence-corrected chi connectivity index (χ2v) is 11.1. The number of pyridine rings is 1. The number of carbonyl (C=O) groups excluding carboxylic acids is 1. The number of hydrogen-bond donors (Lipinski definition) is 3. The van der Waals surface area contributed by atoms with Crippen molar-refractivity contribution >= 4 is 27.7 Å². The van der Waals surface area contributed by atoms with Gasteiger partial charge in [-0.05, 0) is 25.3 Å². The average Bonchev–Trinajstić information content (AvgIpc) is 2.97. The minimum atomic E-state index is -1.15. The van der Waals surface area contributed by atoms with Gasteiger partial charge in [-0.25, -0.2) is 0 Å². The molecule has 0 fully saturated rings. The molecule has 1 aliphatic heterocycles. The third-order valence-electron chi connectivity index (χ3n) is 8.83. The van der Waals surface area contributed by atoms with Crippen molar-refractivity contribution in [3.8, 4) is 34.1 Å². The summed E-state index contributed by atoms with van der Waals surface area (Å²) >= 11 is 0. The van der Waals surface area contributed by atoms with Crippen LogP contribution >= 0.6 is 0 Å². The second-order valence-electron chi connectivity index (χ2n) is 11.1. The summed E-state index contributed by atoms with van der Waals surface area (Å²) in [5, 5.41) is 34.6. The molecule has 0 radical (unpaired) electrons. The molecule has 0 bridgehead atoms. The van der Waals surface area contributed by atoms with E-state index in [1.807, 2.05) is 6.92 Å². The number of phenolic OH excluding ortho intramolecular Hbond substituents is 2. The molecule has 0 amide bonds. The first-order valence-corrected chi connectivity index (χ1v) is 14.0. The van der Waals surface area contributed by atoms with Crippen LogP contribution in [0.15, 0.2) is 20.1 Å². The van der Waals surface area contributed by atoms with E-state index in [1.54, 1.807) is 13.1 Å². The Morgan fingerprint density at radius 3 is 2.56 bits per heavy atom. The Kier molecular flexibility index (Phi) is 6.02. The van der Waals surface area contributed by atoms with Gasteiger partial charge in [-0.2, -0.15) is 0 Å². The van der Waals surface area contributed by atoms with Crippen molar-refractivity contribution in [2.75, 3.05) is 13.9 Å². The van der Waals surface area contributed by atoms with E-state index in [4.69, 9.17) is 23.4 Å². The Balaban J connectivity index is 1.64. The van der Waals surface area contributed by atoms with E-state index in [1.165, 1.54) is 18.6 Å². The number of methoxy groups -OCH3 is 1. The van der Waals surface area contributed by atoms with E-state index in [2.05, 4.69) is 0 Å². The summed E-state index contributed by atoms with van der Waals surface area (Å²) in [6.07, 6.45) is -1.73. The number of nitrogens with zero attached hydrogens (tertiary/aromatic N) is 1. The zero-order chi connectivity index (χ0) is 30.5. The first-order valence-electron chi connectivity index (χ1n) is 14.0. The Morgan fingerprint density at radius 2 is 1.86 bits per heavy atom. The molecule has 7 rings (SSSR count). The highest BCUT2D eigenvalue weighted by Gasteiger charge is 2.42. The van der Waals surface area contributed by atoms with Gasteiger partial charge in [0.25, 0.3) is 5.56 Å². The van der Waals surface area contributed by atoms with Gasteiger partial charge in [0.15, 0.2) is 18.1 Å². The largest absolute Gasteiger partial charge is 0.506 e. The summed E-state index contributed by atoms with van der Waals surface area (Å²) in [5.41, 5.74) is 0.343. The van der Waals surface area contributed by atoms with Crippen LogP contribution in [0.2, 0.25) is 0 Å². The maximum atomic E-state index is 14.1. The van der Waals surface area contributed by atoms with E-state index >= 15 is 0 Å². The van der Waals surface area contributed by atoms with Crippen LogP contribution in [0.5, 0.6) is 23.0 Å². The number of esters is 1. The van der Waals surface area contributed by atoms with Crippen molar-refractivity contribution in [3.63, 3.8) is 0 Å². The zero-order valence-electron chi connectivity index (χ0n) is 23.9. The van der Waals surface area contributed by atoms with Crippen LogP contribution in [0, 0.1) is 0 Å². The predicted molar refractivity (Wildman–Crippen MR) is 152 cm³/mol. The molecular formula is C31H29NO11. The van der Waals surface area contributed by atoms with Gasteiger partial charge in [0.2, 0.25) is 5.43 Å². The molecule has 224 valence electrons. The van der Waals surface area contributed by atoms with Crippen molar-refractivity contribution in [2.45, 2.75) is 57.8 Å². The van der Waals surface area contributed by atoms with Crippen molar-refractivity contribution < 1.29 is 43.5 Å². The summed E-state index contributed by atoms with van der Waals surface area (Å²) in [4.78, 5) is 39.5. The Bertz CT molecular complexity index is 2020. The lowest BCUT2D eigenvalue weighted by Gasteiger charge is -2.35. The normalized spacial score (nSPS) is 20.3. The number of ether oxygens (including phenoxy) is 4. The van der Waals surface area contributed by atoms with Crippen molar-refractivity contribution in [2.24, 2.45) is 7.05 Å². The molecule has 3 N–H and O–H groups in total. The van der Waals surface area contributed by atoms with E-state index < -0.39 is 46.8 Å². The number of aliphatic hydroxyl groups is 1. The van der Waals surface area contributed by atoms with E-state index in [0.717, 1.165) is 5.69 Å². The molecule has 0 saturated carbocycles. The minimum absolute atomic E-state index is 0.00377. The van der Waals surface area contributed by atoms with E-state index in [0.29, 0.717) is 28.7 Å². The maximum absolute atomic E-state index is 14.1. The first-order chi connectivity index (χ1) is 20.6. The summed E-state index contributed by atoms with van der Waals surface area (Å²) in [6, 6.07) is 1.80. The topological polar surface area (TPSA) is 167 Å². The smallest absolute Gasteiger partial charge is 0.303 e. The lowest BCUT2D eigenvalue weighted by molar-refractivity contribution is -0.148. The van der Waals surface area contributed by atoms with Crippen LogP contribution in [0.3, 0.4) is 0 Å². The Morgan fingerprint density at radius 1 is 1.12 bits per heavy atom. The molecule has 3 aliphatic rings. The molecule has 2 aromatic carbocycles. The fourth-order valence-corrected chi connectivity index (χ4v) is 6.92. The molecular weight excluding hydrogens is 562 g/mol. The van der Waals surface area contributed by atoms with Crippen molar-refractivity contribution in [1.29, 1.82) is 0 Å². The van der Waals surface area contributed by atoms with Gasteiger partial charge >= 0.3 is 5.97 Å². The third kappa shape index (κ3) is 3.59. The summed E-state index contributed by atoms with van der Waals surface area (Å²) < 4.78 is 30.6. The van der Waals surface area contributed by atoms with Gasteiger partial charge in [-0.1, -0.05) is 6.92 Å². The Hall–Kier alpha value is -4.55. The lowest BCUT2D eigenvalue weighted by Crippen LogP contribution is -2.27. The monoisotopic (exact) mass is 591 g/mol. The van der Waals surface area contributed by atoms with Gasteiger partial charge in [-0.15, -0.1) is 0 Å². The fraction of sp³-hybridized carbons (Fsp3) is 0.387. The van der Waals surface area contributed by atoms with Crippen LogP contribution in [0.1, 0.15) is 73.1 Å². The van der Waals surface area contributed by atoms with Crippen LogP contribution in [0.4, 0.5) is 0 Å².